The molecule has 12 heavy (non-hydrogen) atoms. The summed E-state index contributed by atoms with van der Waals surface area (Å²) in [6.07, 6.45) is 1.76. The van der Waals surface area contributed by atoms with E-state index in [2.05, 4.69) is 9.71 Å². The first-order chi connectivity index (χ1) is 5.64. The van der Waals surface area contributed by atoms with Crippen LogP contribution in [0.1, 0.15) is 12.6 Å². The highest BCUT2D eigenvalue weighted by Gasteiger charge is 2.05. The van der Waals surface area contributed by atoms with Gasteiger partial charge in [-0.15, -0.1) is 0 Å². The second-order valence-electron chi connectivity index (χ2n) is 2.42. The second kappa shape index (κ2) is 3.73. The molecule has 5 heteroatoms. The molecule has 0 aromatic carbocycles. The topological polar surface area (TPSA) is 62.0 Å². The van der Waals surface area contributed by atoms with Crippen LogP contribution < -0.4 is 4.72 Å². The van der Waals surface area contributed by atoms with Gasteiger partial charge in [0.2, 0.25) is 10.0 Å². The average Bonchev–Trinajstić information content (AvgIpc) is 2.53. The number of hydrogen-bond acceptors (Lipinski definition) is 2. The van der Waals surface area contributed by atoms with Gasteiger partial charge in [0.15, 0.2) is 0 Å². The molecular weight excluding hydrogens is 176 g/mol. The minimum atomic E-state index is -3.07. The van der Waals surface area contributed by atoms with E-state index in [1.807, 2.05) is 12.1 Å². The van der Waals surface area contributed by atoms with Crippen LogP contribution in [-0.4, -0.2) is 19.2 Å². The van der Waals surface area contributed by atoms with Crippen LogP contribution in [0.4, 0.5) is 0 Å². The fourth-order valence-electron chi connectivity index (χ4n) is 0.767. The first-order valence-electron chi connectivity index (χ1n) is 3.73. The SMILES string of the molecule is CCS(=O)(=O)NCc1ccc[nH]1. The molecule has 0 unspecified atom stereocenters. The molecule has 0 saturated carbocycles. The molecule has 0 aliphatic carbocycles. The Morgan fingerprint density at radius 2 is 2.33 bits per heavy atom. The standard InChI is InChI=1S/C7H12N2O2S/c1-2-12(10,11)9-6-7-4-3-5-8-7/h3-5,8-9H,2,6H2,1H3. The monoisotopic (exact) mass is 188 g/mol. The van der Waals surface area contributed by atoms with Crippen LogP contribution in [0, 0.1) is 0 Å². The van der Waals surface area contributed by atoms with E-state index >= 15 is 0 Å². The number of aromatic amines is 1. The minimum Gasteiger partial charge on any atom is -0.364 e. The van der Waals surface area contributed by atoms with Crippen molar-refractivity contribution in [2.24, 2.45) is 0 Å². The van der Waals surface area contributed by atoms with Crippen molar-refractivity contribution in [1.29, 1.82) is 0 Å². The van der Waals surface area contributed by atoms with Crippen LogP contribution in [0.3, 0.4) is 0 Å². The van der Waals surface area contributed by atoms with Crippen molar-refractivity contribution >= 4 is 10.0 Å². The van der Waals surface area contributed by atoms with E-state index in [0.717, 1.165) is 5.69 Å². The van der Waals surface area contributed by atoms with Gasteiger partial charge in [-0.1, -0.05) is 0 Å². The van der Waals surface area contributed by atoms with Gasteiger partial charge >= 0.3 is 0 Å². The molecule has 0 spiro atoms. The smallest absolute Gasteiger partial charge is 0.211 e. The Bertz CT molecular complexity index is 315. The maximum atomic E-state index is 11.0. The van der Waals surface area contributed by atoms with Crippen molar-refractivity contribution in [3.05, 3.63) is 24.0 Å². The summed E-state index contributed by atoms with van der Waals surface area (Å²) in [5.41, 5.74) is 0.868. The second-order valence-corrected chi connectivity index (χ2v) is 4.52. The third kappa shape index (κ3) is 2.67. The molecule has 0 fully saturated rings. The summed E-state index contributed by atoms with van der Waals surface area (Å²) < 4.78 is 24.4. The Morgan fingerprint density at radius 3 is 2.83 bits per heavy atom. The van der Waals surface area contributed by atoms with Gasteiger partial charge in [-0.25, -0.2) is 13.1 Å². The van der Waals surface area contributed by atoms with E-state index in [0.29, 0.717) is 6.54 Å². The summed E-state index contributed by atoms with van der Waals surface area (Å²) in [6.45, 7) is 1.94. The molecule has 0 saturated heterocycles. The van der Waals surface area contributed by atoms with Gasteiger partial charge in [0.05, 0.1) is 12.3 Å². The van der Waals surface area contributed by atoms with Gasteiger partial charge in [-0.2, -0.15) is 0 Å². The lowest BCUT2D eigenvalue weighted by Gasteiger charge is -2.01. The Labute approximate surface area is 72.0 Å². The lowest BCUT2D eigenvalue weighted by atomic mass is 10.4. The quantitative estimate of drug-likeness (QED) is 0.720. The van der Waals surface area contributed by atoms with E-state index in [1.54, 1.807) is 13.1 Å². The Balaban J connectivity index is 2.47. The van der Waals surface area contributed by atoms with E-state index in [-0.39, 0.29) is 5.75 Å². The molecule has 1 aromatic heterocycles. The van der Waals surface area contributed by atoms with Gasteiger partial charge in [-0.05, 0) is 19.1 Å². The Kier molecular flexibility index (Phi) is 2.88. The van der Waals surface area contributed by atoms with Crippen LogP contribution in [-0.2, 0) is 16.6 Å². The largest absolute Gasteiger partial charge is 0.364 e. The van der Waals surface area contributed by atoms with Crippen molar-refractivity contribution in [3.8, 4) is 0 Å². The Hall–Kier alpha value is -0.810. The first kappa shape index (κ1) is 9.28. The van der Waals surface area contributed by atoms with Crippen molar-refractivity contribution < 1.29 is 8.42 Å². The van der Waals surface area contributed by atoms with Crippen molar-refractivity contribution in [2.45, 2.75) is 13.5 Å². The van der Waals surface area contributed by atoms with Crippen molar-refractivity contribution in [1.82, 2.24) is 9.71 Å². The molecule has 0 atom stereocenters. The number of H-pyrrole nitrogens is 1. The lowest BCUT2D eigenvalue weighted by Crippen LogP contribution is -2.24. The van der Waals surface area contributed by atoms with Gasteiger partial charge in [0, 0.05) is 11.9 Å². The zero-order valence-electron chi connectivity index (χ0n) is 6.87. The van der Waals surface area contributed by atoms with Gasteiger partial charge < -0.3 is 4.98 Å². The first-order valence-corrected chi connectivity index (χ1v) is 5.39. The van der Waals surface area contributed by atoms with E-state index in [9.17, 15) is 8.42 Å². The van der Waals surface area contributed by atoms with Crippen LogP contribution in [0.5, 0.6) is 0 Å². The van der Waals surface area contributed by atoms with Crippen LogP contribution in [0.25, 0.3) is 0 Å². The molecule has 1 aromatic rings. The van der Waals surface area contributed by atoms with Crippen molar-refractivity contribution in [2.75, 3.05) is 5.75 Å². The molecular formula is C7H12N2O2S. The molecule has 0 bridgehead atoms. The molecule has 0 amide bonds. The molecule has 68 valence electrons. The lowest BCUT2D eigenvalue weighted by molar-refractivity contribution is 0.582. The third-order valence-electron chi connectivity index (χ3n) is 1.52. The maximum absolute atomic E-state index is 11.0. The predicted molar refractivity (Wildman–Crippen MR) is 47.1 cm³/mol. The van der Waals surface area contributed by atoms with Gasteiger partial charge in [-0.3, -0.25) is 0 Å². The van der Waals surface area contributed by atoms with E-state index in [1.165, 1.54) is 0 Å². The fourth-order valence-corrected chi connectivity index (χ4v) is 1.35. The highest BCUT2D eigenvalue weighted by atomic mass is 32.2. The summed E-state index contributed by atoms with van der Waals surface area (Å²) in [7, 11) is -3.07. The number of nitrogens with one attached hydrogen (secondary N) is 2. The Morgan fingerprint density at radius 1 is 1.58 bits per heavy atom. The van der Waals surface area contributed by atoms with E-state index in [4.69, 9.17) is 0 Å². The van der Waals surface area contributed by atoms with Gasteiger partial charge in [0.1, 0.15) is 0 Å². The fraction of sp³-hybridized carbons (Fsp3) is 0.429. The molecule has 0 radical (unpaired) electrons. The van der Waals surface area contributed by atoms with E-state index < -0.39 is 10.0 Å². The highest BCUT2D eigenvalue weighted by Crippen LogP contribution is 1.94. The van der Waals surface area contributed by atoms with Crippen LogP contribution in [0.15, 0.2) is 18.3 Å². The zero-order valence-corrected chi connectivity index (χ0v) is 7.69. The predicted octanol–water partition coefficient (Wildman–Crippen LogP) is 0.454. The normalized spacial score (nSPS) is 11.8. The molecule has 2 N–H and O–H groups in total. The summed E-state index contributed by atoms with van der Waals surface area (Å²) in [4.78, 5) is 2.91. The average molecular weight is 188 g/mol. The molecule has 1 heterocycles. The number of rotatable bonds is 4. The molecule has 0 aliphatic heterocycles. The van der Waals surface area contributed by atoms with Crippen molar-refractivity contribution in [3.63, 3.8) is 0 Å². The van der Waals surface area contributed by atoms with Crippen LogP contribution >= 0.6 is 0 Å². The zero-order chi connectivity index (χ0) is 9.03. The summed E-state index contributed by atoms with van der Waals surface area (Å²) >= 11 is 0. The number of aromatic nitrogens is 1. The number of sulfonamides is 1. The summed E-state index contributed by atoms with van der Waals surface area (Å²) in [6, 6.07) is 3.66. The molecule has 1 rings (SSSR count). The minimum absolute atomic E-state index is 0.119. The molecule has 4 nitrogen and oxygen atoms in total. The molecule has 0 aliphatic rings. The third-order valence-corrected chi connectivity index (χ3v) is 2.87. The number of hydrogen-bond donors (Lipinski definition) is 2. The summed E-state index contributed by atoms with van der Waals surface area (Å²) in [5, 5.41) is 0. The highest BCUT2D eigenvalue weighted by molar-refractivity contribution is 7.89. The van der Waals surface area contributed by atoms with Gasteiger partial charge in [0.25, 0.3) is 0 Å². The van der Waals surface area contributed by atoms with Crippen LogP contribution in [0.2, 0.25) is 0 Å². The summed E-state index contributed by atoms with van der Waals surface area (Å²) in [5.74, 6) is 0.119. The maximum Gasteiger partial charge on any atom is 0.211 e.